The van der Waals surface area contributed by atoms with Crippen LogP contribution < -0.4 is 35.3 Å². The van der Waals surface area contributed by atoms with Crippen LogP contribution in [0.25, 0.3) is 0 Å². The standard InChI is InChI=1S/C7H9NO2S.Na/c1-5-2-3-6(8)4-7(5)11(9)10;/h2-4H,8H2,1H3,(H,9,10);/q;+1/p-1. The van der Waals surface area contributed by atoms with Gasteiger partial charge in [0.05, 0.1) is 0 Å². The van der Waals surface area contributed by atoms with Gasteiger partial charge < -0.3 is 10.3 Å². The van der Waals surface area contributed by atoms with Gasteiger partial charge in [0.1, 0.15) is 0 Å². The summed E-state index contributed by atoms with van der Waals surface area (Å²) in [6.07, 6.45) is 0. The molecule has 0 radical (unpaired) electrons. The van der Waals surface area contributed by atoms with Gasteiger partial charge in [-0.25, -0.2) is 0 Å². The fraction of sp³-hybridized carbons (Fsp3) is 0.143. The number of nitrogen functional groups attached to an aromatic ring is 1. The Labute approximate surface area is 95.9 Å². The zero-order chi connectivity index (χ0) is 8.43. The number of hydrogen-bond donors (Lipinski definition) is 1. The molecule has 0 heterocycles. The Bertz CT molecular complexity index is 303. The van der Waals surface area contributed by atoms with Gasteiger partial charge in [-0.05, 0) is 35.7 Å². The molecule has 5 heteroatoms. The molecule has 12 heavy (non-hydrogen) atoms. The molecule has 60 valence electrons. The van der Waals surface area contributed by atoms with E-state index >= 15 is 0 Å². The Morgan fingerprint density at radius 3 is 2.50 bits per heavy atom. The molecule has 1 rings (SSSR count). The Kier molecular flexibility index (Phi) is 5.04. The van der Waals surface area contributed by atoms with Gasteiger partial charge >= 0.3 is 29.6 Å². The van der Waals surface area contributed by atoms with Crippen LogP contribution in [0.2, 0.25) is 0 Å². The van der Waals surface area contributed by atoms with E-state index < -0.39 is 11.1 Å². The zero-order valence-corrected chi connectivity index (χ0v) is 9.85. The van der Waals surface area contributed by atoms with Crippen LogP contribution in [0.4, 0.5) is 5.69 Å². The first-order valence-electron chi connectivity index (χ1n) is 3.06. The van der Waals surface area contributed by atoms with Crippen LogP contribution >= 0.6 is 0 Å². The van der Waals surface area contributed by atoms with Crippen molar-refractivity contribution in [2.75, 3.05) is 5.73 Å². The summed E-state index contributed by atoms with van der Waals surface area (Å²) in [6, 6.07) is 4.80. The van der Waals surface area contributed by atoms with E-state index in [1.165, 1.54) is 6.07 Å². The first-order chi connectivity index (χ1) is 5.11. The van der Waals surface area contributed by atoms with Gasteiger partial charge in [0, 0.05) is 10.6 Å². The summed E-state index contributed by atoms with van der Waals surface area (Å²) in [6.45, 7) is 1.73. The van der Waals surface area contributed by atoms with Crippen molar-refractivity contribution in [1.82, 2.24) is 0 Å². The van der Waals surface area contributed by atoms with Gasteiger partial charge in [0.25, 0.3) is 0 Å². The first kappa shape index (κ1) is 12.1. The molecule has 0 bridgehead atoms. The molecule has 0 aliphatic heterocycles. The SMILES string of the molecule is Cc1ccc(N)cc1S(=O)[O-].[Na+]. The van der Waals surface area contributed by atoms with E-state index in [0.29, 0.717) is 11.3 Å². The molecule has 0 saturated heterocycles. The summed E-state index contributed by atoms with van der Waals surface area (Å²) >= 11 is -2.18. The second-order valence-corrected chi connectivity index (χ2v) is 3.17. The minimum atomic E-state index is -2.18. The van der Waals surface area contributed by atoms with Crippen molar-refractivity contribution in [3.05, 3.63) is 23.8 Å². The third-order valence-corrected chi connectivity index (χ3v) is 2.19. The molecular weight excluding hydrogens is 185 g/mol. The normalized spacial score (nSPS) is 11.8. The van der Waals surface area contributed by atoms with E-state index in [9.17, 15) is 8.76 Å². The summed E-state index contributed by atoms with van der Waals surface area (Å²) < 4.78 is 21.0. The molecular formula is C7H8NNaO2S. The maximum Gasteiger partial charge on any atom is 1.00 e. The zero-order valence-electron chi connectivity index (χ0n) is 7.03. The first-order valence-corrected chi connectivity index (χ1v) is 4.14. The number of benzene rings is 1. The van der Waals surface area contributed by atoms with E-state index in [0.717, 1.165) is 0 Å². The fourth-order valence-corrected chi connectivity index (χ4v) is 1.36. The van der Waals surface area contributed by atoms with E-state index in [-0.39, 0.29) is 34.5 Å². The van der Waals surface area contributed by atoms with Crippen LogP contribution in [0.3, 0.4) is 0 Å². The van der Waals surface area contributed by atoms with Crippen LogP contribution in [0, 0.1) is 6.92 Å². The molecule has 0 spiro atoms. The van der Waals surface area contributed by atoms with Crippen molar-refractivity contribution in [3.8, 4) is 0 Å². The molecule has 1 unspecified atom stereocenters. The van der Waals surface area contributed by atoms with Crippen molar-refractivity contribution >= 4 is 16.8 Å². The van der Waals surface area contributed by atoms with Crippen LogP contribution in [0.5, 0.6) is 0 Å². The molecule has 0 saturated carbocycles. The minimum absolute atomic E-state index is 0. The number of aryl methyl sites for hydroxylation is 1. The van der Waals surface area contributed by atoms with Gasteiger partial charge in [-0.1, -0.05) is 6.07 Å². The molecule has 0 aromatic heterocycles. The summed E-state index contributed by atoms with van der Waals surface area (Å²) in [7, 11) is 0. The number of anilines is 1. The van der Waals surface area contributed by atoms with Crippen LogP contribution in [-0.2, 0) is 11.1 Å². The summed E-state index contributed by atoms with van der Waals surface area (Å²) in [5.41, 5.74) is 6.57. The maximum atomic E-state index is 10.5. The van der Waals surface area contributed by atoms with E-state index in [1.54, 1.807) is 19.1 Å². The van der Waals surface area contributed by atoms with Gasteiger partial charge in [-0.3, -0.25) is 4.21 Å². The maximum absolute atomic E-state index is 10.5. The molecule has 1 aromatic carbocycles. The number of hydrogen-bond acceptors (Lipinski definition) is 3. The van der Waals surface area contributed by atoms with Gasteiger partial charge in [0.15, 0.2) is 0 Å². The second kappa shape index (κ2) is 4.99. The average molecular weight is 193 g/mol. The molecule has 0 fully saturated rings. The smallest absolute Gasteiger partial charge is 0.768 e. The summed E-state index contributed by atoms with van der Waals surface area (Å²) in [5, 5.41) is 0. The Hall–Kier alpha value is 0.130. The average Bonchev–Trinajstić information content (AvgIpc) is 1.94. The Morgan fingerprint density at radius 2 is 2.08 bits per heavy atom. The van der Waals surface area contributed by atoms with Crippen LogP contribution in [0.1, 0.15) is 5.56 Å². The van der Waals surface area contributed by atoms with Gasteiger partial charge in [-0.15, -0.1) is 0 Å². The van der Waals surface area contributed by atoms with Crippen LogP contribution in [-0.4, -0.2) is 8.76 Å². The predicted octanol–water partition coefficient (Wildman–Crippen LogP) is -2.18. The third kappa shape index (κ3) is 2.88. The van der Waals surface area contributed by atoms with Crippen molar-refractivity contribution in [3.63, 3.8) is 0 Å². The van der Waals surface area contributed by atoms with Crippen molar-refractivity contribution in [2.24, 2.45) is 0 Å². The van der Waals surface area contributed by atoms with E-state index in [2.05, 4.69) is 0 Å². The molecule has 1 atom stereocenters. The molecule has 0 aliphatic rings. The van der Waals surface area contributed by atoms with Gasteiger partial charge in [-0.2, -0.15) is 0 Å². The van der Waals surface area contributed by atoms with E-state index in [1.807, 2.05) is 0 Å². The van der Waals surface area contributed by atoms with Gasteiger partial charge in [0.2, 0.25) is 0 Å². The third-order valence-electron chi connectivity index (χ3n) is 1.39. The monoisotopic (exact) mass is 193 g/mol. The molecule has 0 aliphatic carbocycles. The molecule has 0 amide bonds. The van der Waals surface area contributed by atoms with Crippen LogP contribution in [0.15, 0.2) is 23.1 Å². The molecule has 2 N–H and O–H groups in total. The second-order valence-electron chi connectivity index (χ2n) is 2.26. The number of nitrogens with two attached hydrogens (primary N) is 1. The topological polar surface area (TPSA) is 66.2 Å². The van der Waals surface area contributed by atoms with E-state index in [4.69, 9.17) is 5.73 Å². The number of rotatable bonds is 1. The summed E-state index contributed by atoms with van der Waals surface area (Å²) in [5.74, 6) is 0. The molecule has 1 aromatic rings. The quantitative estimate of drug-likeness (QED) is 0.313. The van der Waals surface area contributed by atoms with Crippen molar-refractivity contribution < 1.29 is 38.3 Å². The Balaban J connectivity index is 0.00000121. The van der Waals surface area contributed by atoms with Crippen molar-refractivity contribution in [1.29, 1.82) is 0 Å². The minimum Gasteiger partial charge on any atom is -0.768 e. The largest absolute Gasteiger partial charge is 1.00 e. The molecule has 3 nitrogen and oxygen atoms in total. The predicted molar refractivity (Wildman–Crippen MR) is 42.8 cm³/mol. The summed E-state index contributed by atoms with van der Waals surface area (Å²) in [4.78, 5) is 0.269. The van der Waals surface area contributed by atoms with Crippen molar-refractivity contribution in [2.45, 2.75) is 11.8 Å². The fourth-order valence-electron chi connectivity index (χ4n) is 0.796. The Morgan fingerprint density at radius 1 is 1.50 bits per heavy atom.